The van der Waals surface area contributed by atoms with E-state index in [2.05, 4.69) is 20.5 Å². The van der Waals surface area contributed by atoms with E-state index in [0.717, 1.165) is 10.8 Å². The molecule has 148 valence electrons. The van der Waals surface area contributed by atoms with Crippen LogP contribution in [0.3, 0.4) is 0 Å². The summed E-state index contributed by atoms with van der Waals surface area (Å²) in [5, 5.41) is 14.2. The number of ether oxygens (including phenoxy) is 1. The molecule has 0 aliphatic rings. The molecule has 0 unspecified atom stereocenters. The predicted molar refractivity (Wildman–Crippen MR) is 105 cm³/mol. The Labute approximate surface area is 164 Å². The molecule has 0 fully saturated rings. The Kier molecular flexibility index (Phi) is 5.83. The third-order valence-electron chi connectivity index (χ3n) is 3.83. The Bertz CT molecular complexity index is 1170. The zero-order valence-corrected chi connectivity index (χ0v) is 15.3. The van der Waals surface area contributed by atoms with Crippen molar-refractivity contribution in [1.29, 1.82) is 0 Å². The van der Waals surface area contributed by atoms with E-state index in [1.165, 1.54) is 24.5 Å². The van der Waals surface area contributed by atoms with Crippen LogP contribution >= 0.6 is 0 Å². The summed E-state index contributed by atoms with van der Waals surface area (Å²) in [7, 11) is 0. The highest BCUT2D eigenvalue weighted by atomic mass is 16.5. The first-order valence-corrected chi connectivity index (χ1v) is 8.56. The number of nitrogens with zero attached hydrogens (tertiary/aromatic N) is 3. The Balaban J connectivity index is 1.97. The van der Waals surface area contributed by atoms with E-state index in [1.807, 2.05) is 0 Å². The van der Waals surface area contributed by atoms with Gasteiger partial charge in [-0.25, -0.2) is 14.8 Å². The van der Waals surface area contributed by atoms with Gasteiger partial charge in [0, 0.05) is 18.0 Å². The fourth-order valence-corrected chi connectivity index (χ4v) is 2.52. The van der Waals surface area contributed by atoms with Gasteiger partial charge in [0.25, 0.3) is 11.5 Å². The molecular formula is C19H17N5O5. The quantitative estimate of drug-likeness (QED) is 0.417. The van der Waals surface area contributed by atoms with Crippen molar-refractivity contribution in [2.24, 2.45) is 5.10 Å². The SMILES string of the molecule is CCOc1ccccc1-n1c(O)c(C=NNC(=O)c2ccncc2)c(=O)[nH]c1=O. The number of nitrogens with one attached hydrogen (secondary N) is 2. The molecule has 1 aromatic carbocycles. The number of hydrogen-bond donors (Lipinski definition) is 3. The van der Waals surface area contributed by atoms with Crippen LogP contribution in [0.1, 0.15) is 22.8 Å². The zero-order valence-electron chi connectivity index (χ0n) is 15.3. The average molecular weight is 395 g/mol. The van der Waals surface area contributed by atoms with E-state index in [1.54, 1.807) is 31.2 Å². The number of amides is 1. The van der Waals surface area contributed by atoms with E-state index >= 15 is 0 Å². The maximum absolute atomic E-state index is 12.3. The third-order valence-corrected chi connectivity index (χ3v) is 3.83. The maximum atomic E-state index is 12.3. The summed E-state index contributed by atoms with van der Waals surface area (Å²) in [6.45, 7) is 2.11. The number of aromatic amines is 1. The standard InChI is InChI=1S/C19H17N5O5/c1-2-29-15-6-4-3-5-14(15)24-18(27)13(17(26)22-19(24)28)11-21-23-16(25)12-7-9-20-10-8-12/h3-11,27H,2H2,1H3,(H,23,25)(H,22,26,28). The van der Waals surface area contributed by atoms with Gasteiger partial charge in [0.1, 0.15) is 11.3 Å². The lowest BCUT2D eigenvalue weighted by atomic mass is 10.2. The summed E-state index contributed by atoms with van der Waals surface area (Å²) >= 11 is 0. The van der Waals surface area contributed by atoms with E-state index in [9.17, 15) is 19.5 Å². The zero-order chi connectivity index (χ0) is 20.8. The summed E-state index contributed by atoms with van der Waals surface area (Å²) in [5.41, 5.74) is 0.760. The van der Waals surface area contributed by atoms with Crippen molar-refractivity contribution in [1.82, 2.24) is 20.0 Å². The van der Waals surface area contributed by atoms with Gasteiger partial charge in [0.05, 0.1) is 18.5 Å². The summed E-state index contributed by atoms with van der Waals surface area (Å²) < 4.78 is 6.36. The summed E-state index contributed by atoms with van der Waals surface area (Å²) in [6, 6.07) is 9.51. The Morgan fingerprint density at radius 1 is 1.28 bits per heavy atom. The number of carbonyl (C=O) groups excluding carboxylic acids is 1. The minimum atomic E-state index is -0.862. The van der Waals surface area contributed by atoms with E-state index < -0.39 is 23.0 Å². The first kappa shape index (κ1) is 19.5. The minimum Gasteiger partial charge on any atom is -0.493 e. The molecule has 29 heavy (non-hydrogen) atoms. The van der Waals surface area contributed by atoms with Crippen molar-refractivity contribution >= 4 is 12.1 Å². The molecule has 3 aromatic rings. The first-order chi connectivity index (χ1) is 14.0. The van der Waals surface area contributed by atoms with Gasteiger partial charge >= 0.3 is 5.69 Å². The largest absolute Gasteiger partial charge is 0.493 e. The second kappa shape index (κ2) is 8.65. The molecule has 10 heteroatoms. The van der Waals surface area contributed by atoms with Crippen molar-refractivity contribution in [2.75, 3.05) is 6.61 Å². The van der Waals surface area contributed by atoms with E-state index in [-0.39, 0.29) is 11.3 Å². The fourth-order valence-electron chi connectivity index (χ4n) is 2.52. The molecule has 0 bridgehead atoms. The van der Waals surface area contributed by atoms with Gasteiger partial charge in [0.2, 0.25) is 5.88 Å². The molecule has 3 N–H and O–H groups in total. The number of aromatic nitrogens is 3. The number of H-pyrrole nitrogens is 1. The lowest BCUT2D eigenvalue weighted by Gasteiger charge is -2.13. The number of aromatic hydroxyl groups is 1. The van der Waals surface area contributed by atoms with Gasteiger partial charge in [-0.2, -0.15) is 5.10 Å². The summed E-state index contributed by atoms with van der Waals surface area (Å²) in [5.74, 6) is -0.837. The molecule has 0 spiro atoms. The number of pyridine rings is 1. The molecule has 0 saturated heterocycles. The van der Waals surface area contributed by atoms with E-state index in [4.69, 9.17) is 4.74 Å². The third kappa shape index (κ3) is 4.21. The van der Waals surface area contributed by atoms with Gasteiger partial charge in [-0.3, -0.25) is 19.6 Å². The smallest absolute Gasteiger partial charge is 0.335 e. The average Bonchev–Trinajstić information content (AvgIpc) is 2.72. The molecule has 2 heterocycles. The van der Waals surface area contributed by atoms with Gasteiger partial charge in [0.15, 0.2) is 0 Å². The van der Waals surface area contributed by atoms with Crippen LogP contribution < -0.4 is 21.4 Å². The molecule has 2 aromatic heterocycles. The molecule has 3 rings (SSSR count). The minimum absolute atomic E-state index is 0.239. The van der Waals surface area contributed by atoms with Crippen LogP contribution in [0.2, 0.25) is 0 Å². The number of rotatable bonds is 6. The highest BCUT2D eigenvalue weighted by Gasteiger charge is 2.17. The molecule has 1 amide bonds. The van der Waals surface area contributed by atoms with Crippen LogP contribution in [0.4, 0.5) is 0 Å². The highest BCUT2D eigenvalue weighted by Crippen LogP contribution is 2.25. The Morgan fingerprint density at radius 2 is 2.00 bits per heavy atom. The van der Waals surface area contributed by atoms with E-state index in [0.29, 0.717) is 17.9 Å². The van der Waals surface area contributed by atoms with Crippen LogP contribution in [0.5, 0.6) is 11.6 Å². The maximum Gasteiger partial charge on any atom is 0.335 e. The van der Waals surface area contributed by atoms with Crippen molar-refractivity contribution < 1.29 is 14.6 Å². The van der Waals surface area contributed by atoms with Crippen molar-refractivity contribution in [3.8, 4) is 17.3 Å². The van der Waals surface area contributed by atoms with Gasteiger partial charge in [-0.05, 0) is 31.2 Å². The Hall–Kier alpha value is -4.21. The monoisotopic (exact) mass is 395 g/mol. The number of para-hydroxylation sites is 2. The molecule has 0 atom stereocenters. The normalized spacial score (nSPS) is 10.8. The van der Waals surface area contributed by atoms with Crippen LogP contribution in [0.15, 0.2) is 63.5 Å². The van der Waals surface area contributed by atoms with Crippen LogP contribution in [0.25, 0.3) is 5.69 Å². The number of carbonyl (C=O) groups is 1. The second-order valence-electron chi connectivity index (χ2n) is 5.67. The van der Waals surface area contributed by atoms with Crippen LogP contribution in [-0.2, 0) is 0 Å². The number of benzene rings is 1. The molecule has 10 nitrogen and oxygen atoms in total. The Morgan fingerprint density at radius 3 is 2.72 bits per heavy atom. The molecule has 0 radical (unpaired) electrons. The van der Waals surface area contributed by atoms with Crippen molar-refractivity contribution in [2.45, 2.75) is 6.92 Å². The topological polar surface area (TPSA) is 139 Å². The predicted octanol–water partition coefficient (Wildman–Crippen LogP) is 0.789. The molecule has 0 aliphatic heterocycles. The highest BCUT2D eigenvalue weighted by molar-refractivity contribution is 5.94. The molecule has 0 aliphatic carbocycles. The van der Waals surface area contributed by atoms with Gasteiger partial charge < -0.3 is 9.84 Å². The summed E-state index contributed by atoms with van der Waals surface area (Å²) in [6.07, 6.45) is 3.84. The first-order valence-electron chi connectivity index (χ1n) is 8.56. The molecule has 0 saturated carbocycles. The van der Waals surface area contributed by atoms with Crippen LogP contribution in [-0.4, -0.2) is 38.4 Å². The summed E-state index contributed by atoms with van der Waals surface area (Å²) in [4.78, 5) is 42.3. The number of hydrazone groups is 1. The van der Waals surface area contributed by atoms with Gasteiger partial charge in [-0.1, -0.05) is 12.1 Å². The van der Waals surface area contributed by atoms with Gasteiger partial charge in [-0.15, -0.1) is 0 Å². The second-order valence-corrected chi connectivity index (χ2v) is 5.67. The van der Waals surface area contributed by atoms with Crippen molar-refractivity contribution in [3.63, 3.8) is 0 Å². The lowest BCUT2D eigenvalue weighted by molar-refractivity contribution is 0.0955. The molecular weight excluding hydrogens is 378 g/mol. The lowest BCUT2D eigenvalue weighted by Crippen LogP contribution is -2.32. The van der Waals surface area contributed by atoms with Crippen LogP contribution in [0, 0.1) is 0 Å². The fraction of sp³-hybridized carbons (Fsp3) is 0.105. The van der Waals surface area contributed by atoms with Crippen molar-refractivity contribution in [3.05, 3.63) is 80.8 Å². The number of hydrogen-bond acceptors (Lipinski definition) is 7.